The first-order valence-electron chi connectivity index (χ1n) is 9.83. The van der Waals surface area contributed by atoms with Crippen molar-refractivity contribution >= 4 is 27.5 Å². The van der Waals surface area contributed by atoms with Crippen molar-refractivity contribution in [3.8, 4) is 5.69 Å². The highest BCUT2D eigenvalue weighted by Gasteiger charge is 2.21. The van der Waals surface area contributed by atoms with Gasteiger partial charge in [-0.2, -0.15) is 4.31 Å². The molecule has 0 saturated heterocycles. The number of carbonyl (C=O) groups is 1. The minimum Gasteiger partial charge on any atom is -0.345 e. The van der Waals surface area contributed by atoms with E-state index >= 15 is 0 Å². The molecule has 0 spiro atoms. The molecule has 0 aliphatic heterocycles. The Labute approximate surface area is 186 Å². The molecule has 3 aromatic rings. The van der Waals surface area contributed by atoms with Crippen molar-refractivity contribution in [3.63, 3.8) is 0 Å². The zero-order chi connectivity index (χ0) is 22.6. The molecular weight excluding hydrogens is 438 g/mol. The number of amides is 1. The summed E-state index contributed by atoms with van der Waals surface area (Å²) in [5.41, 5.74) is 1.40. The molecule has 0 bridgehead atoms. The molecule has 8 nitrogen and oxygen atoms in total. The number of nitrogens with zero attached hydrogens (tertiary/aromatic N) is 4. The van der Waals surface area contributed by atoms with E-state index < -0.39 is 15.9 Å². The lowest BCUT2D eigenvalue weighted by molar-refractivity contribution is 0.0940. The molecule has 1 heterocycles. The van der Waals surface area contributed by atoms with E-state index in [0.29, 0.717) is 29.6 Å². The van der Waals surface area contributed by atoms with Crippen molar-refractivity contribution in [1.29, 1.82) is 0 Å². The fourth-order valence-corrected chi connectivity index (χ4v) is 4.76. The third kappa shape index (κ3) is 4.95. The number of benzene rings is 2. The Bertz CT molecular complexity index is 1170. The summed E-state index contributed by atoms with van der Waals surface area (Å²) in [5, 5.41) is 7.52. The summed E-state index contributed by atoms with van der Waals surface area (Å²) in [7, 11) is -3.51. The molecule has 0 unspecified atom stereocenters. The van der Waals surface area contributed by atoms with Gasteiger partial charge in [-0.3, -0.25) is 4.79 Å². The Hall–Kier alpha value is -2.75. The maximum atomic E-state index is 12.6. The zero-order valence-electron chi connectivity index (χ0n) is 17.5. The summed E-state index contributed by atoms with van der Waals surface area (Å²) in [4.78, 5) is 17.0. The van der Waals surface area contributed by atoms with Gasteiger partial charge in [0.05, 0.1) is 15.6 Å². The van der Waals surface area contributed by atoms with Gasteiger partial charge in [0.15, 0.2) is 0 Å². The Morgan fingerprint density at radius 3 is 2.35 bits per heavy atom. The first-order valence-corrected chi connectivity index (χ1v) is 11.7. The van der Waals surface area contributed by atoms with Crippen LogP contribution in [0.2, 0.25) is 5.02 Å². The van der Waals surface area contributed by atoms with E-state index in [9.17, 15) is 13.2 Å². The van der Waals surface area contributed by atoms with Crippen LogP contribution in [0.3, 0.4) is 0 Å². The molecular formula is C21H24ClN5O3S. The third-order valence-corrected chi connectivity index (χ3v) is 7.16. The minimum atomic E-state index is -3.51. The molecule has 2 aromatic carbocycles. The minimum absolute atomic E-state index is 0.0261. The topological polar surface area (TPSA) is 97.2 Å². The highest BCUT2D eigenvalue weighted by molar-refractivity contribution is 7.89. The van der Waals surface area contributed by atoms with Crippen LogP contribution >= 0.6 is 11.6 Å². The summed E-state index contributed by atoms with van der Waals surface area (Å²) in [6.45, 7) is 6.36. The lowest BCUT2D eigenvalue weighted by Crippen LogP contribution is -2.30. The van der Waals surface area contributed by atoms with Gasteiger partial charge in [0.25, 0.3) is 5.91 Å². The van der Waals surface area contributed by atoms with Crippen LogP contribution in [0.5, 0.6) is 0 Å². The summed E-state index contributed by atoms with van der Waals surface area (Å²) in [5.74, 6) is 0.121. The van der Waals surface area contributed by atoms with Crippen molar-refractivity contribution in [2.45, 2.75) is 32.2 Å². The normalized spacial score (nSPS) is 11.6. The van der Waals surface area contributed by atoms with Crippen LogP contribution in [0.25, 0.3) is 5.69 Å². The second-order valence-electron chi connectivity index (χ2n) is 6.76. The van der Waals surface area contributed by atoms with E-state index in [1.165, 1.54) is 8.99 Å². The number of aryl methyl sites for hydroxylation is 1. The number of carbonyl (C=O) groups excluding carboxylic acids is 1. The average Bonchev–Trinajstić information content (AvgIpc) is 3.15. The monoisotopic (exact) mass is 461 g/mol. The molecule has 3 rings (SSSR count). The van der Waals surface area contributed by atoms with Gasteiger partial charge in [0.2, 0.25) is 15.8 Å². The number of para-hydroxylation sites is 1. The SMILES string of the molecule is CCN(CC)S(=O)(=O)c1ccc(CNC(=O)c2nc(C)n(-c3ccccc3Cl)n2)cc1. The summed E-state index contributed by atoms with van der Waals surface area (Å²) < 4.78 is 28.0. The quantitative estimate of drug-likeness (QED) is 0.555. The van der Waals surface area contributed by atoms with E-state index in [1.54, 1.807) is 57.2 Å². The molecule has 0 fully saturated rings. The van der Waals surface area contributed by atoms with Crippen LogP contribution in [0.1, 0.15) is 35.9 Å². The van der Waals surface area contributed by atoms with Crippen LogP contribution in [-0.4, -0.2) is 46.5 Å². The lowest BCUT2D eigenvalue weighted by Gasteiger charge is -2.18. The Kier molecular flexibility index (Phi) is 7.09. The fraction of sp³-hybridized carbons (Fsp3) is 0.286. The second kappa shape index (κ2) is 9.59. The maximum Gasteiger partial charge on any atom is 0.291 e. The predicted molar refractivity (Wildman–Crippen MR) is 119 cm³/mol. The van der Waals surface area contributed by atoms with E-state index in [4.69, 9.17) is 11.6 Å². The van der Waals surface area contributed by atoms with E-state index in [1.807, 2.05) is 12.1 Å². The van der Waals surface area contributed by atoms with Crippen LogP contribution < -0.4 is 5.32 Å². The number of sulfonamides is 1. The molecule has 0 radical (unpaired) electrons. The molecule has 31 heavy (non-hydrogen) atoms. The molecule has 0 aliphatic rings. The first kappa shape index (κ1) is 22.9. The van der Waals surface area contributed by atoms with Gasteiger partial charge in [-0.15, -0.1) is 5.10 Å². The Balaban J connectivity index is 1.69. The van der Waals surface area contributed by atoms with Gasteiger partial charge in [-0.25, -0.2) is 18.1 Å². The standard InChI is InChI=1S/C21H24ClN5O3S/c1-4-26(5-2)31(29,30)17-12-10-16(11-13-17)14-23-21(28)20-24-15(3)27(25-20)19-9-7-6-8-18(19)22/h6-13H,4-5,14H2,1-3H3,(H,23,28). The van der Waals surface area contributed by atoms with Crippen molar-refractivity contribution in [2.24, 2.45) is 0 Å². The van der Waals surface area contributed by atoms with Crippen molar-refractivity contribution in [3.05, 3.63) is 70.8 Å². The largest absolute Gasteiger partial charge is 0.345 e. The van der Waals surface area contributed by atoms with E-state index in [2.05, 4.69) is 15.4 Å². The van der Waals surface area contributed by atoms with Crippen LogP contribution in [-0.2, 0) is 16.6 Å². The molecule has 1 N–H and O–H groups in total. The smallest absolute Gasteiger partial charge is 0.291 e. The molecule has 0 aliphatic carbocycles. The molecule has 1 aromatic heterocycles. The summed E-state index contributed by atoms with van der Waals surface area (Å²) >= 11 is 6.21. The number of halogens is 1. The summed E-state index contributed by atoms with van der Waals surface area (Å²) in [6.07, 6.45) is 0. The predicted octanol–water partition coefficient (Wildman–Crippen LogP) is 3.19. The van der Waals surface area contributed by atoms with Gasteiger partial charge in [-0.1, -0.05) is 49.7 Å². The van der Waals surface area contributed by atoms with Crippen LogP contribution in [0.15, 0.2) is 53.4 Å². The lowest BCUT2D eigenvalue weighted by atomic mass is 10.2. The number of rotatable bonds is 8. The zero-order valence-corrected chi connectivity index (χ0v) is 19.1. The Morgan fingerprint density at radius 1 is 1.10 bits per heavy atom. The van der Waals surface area contributed by atoms with E-state index in [-0.39, 0.29) is 17.3 Å². The van der Waals surface area contributed by atoms with Gasteiger partial charge < -0.3 is 5.32 Å². The molecule has 1 amide bonds. The highest BCUT2D eigenvalue weighted by atomic mass is 35.5. The van der Waals surface area contributed by atoms with Gasteiger partial charge in [0.1, 0.15) is 5.82 Å². The Morgan fingerprint density at radius 2 is 1.74 bits per heavy atom. The van der Waals surface area contributed by atoms with Crippen LogP contribution in [0, 0.1) is 6.92 Å². The number of hydrogen-bond donors (Lipinski definition) is 1. The van der Waals surface area contributed by atoms with Crippen molar-refractivity contribution in [2.75, 3.05) is 13.1 Å². The summed E-state index contributed by atoms with van der Waals surface area (Å²) in [6, 6.07) is 13.6. The highest BCUT2D eigenvalue weighted by Crippen LogP contribution is 2.20. The van der Waals surface area contributed by atoms with Gasteiger partial charge in [0, 0.05) is 19.6 Å². The molecule has 0 saturated carbocycles. The molecule has 164 valence electrons. The number of aromatic nitrogens is 3. The van der Waals surface area contributed by atoms with Gasteiger partial charge in [-0.05, 0) is 36.8 Å². The number of nitrogens with one attached hydrogen (secondary N) is 1. The molecule has 0 atom stereocenters. The van der Waals surface area contributed by atoms with Crippen LogP contribution in [0.4, 0.5) is 0 Å². The van der Waals surface area contributed by atoms with Crippen molar-refractivity contribution in [1.82, 2.24) is 24.4 Å². The number of hydrogen-bond acceptors (Lipinski definition) is 5. The van der Waals surface area contributed by atoms with Gasteiger partial charge >= 0.3 is 0 Å². The van der Waals surface area contributed by atoms with Crippen molar-refractivity contribution < 1.29 is 13.2 Å². The molecule has 10 heteroatoms. The fourth-order valence-electron chi connectivity index (χ4n) is 3.09. The second-order valence-corrected chi connectivity index (χ2v) is 9.11. The average molecular weight is 462 g/mol. The maximum absolute atomic E-state index is 12.6. The first-order chi connectivity index (χ1) is 14.8. The third-order valence-electron chi connectivity index (χ3n) is 4.77. The van der Waals surface area contributed by atoms with E-state index in [0.717, 1.165) is 5.56 Å².